The number of thiophene rings is 1. The Hall–Kier alpha value is -0.670. The van der Waals surface area contributed by atoms with Crippen LogP contribution in [-0.4, -0.2) is 11.3 Å². The molecule has 0 unspecified atom stereocenters. The maximum atomic E-state index is 11.5. The molecule has 0 amide bonds. The molecule has 1 aliphatic rings. The van der Waals surface area contributed by atoms with Gasteiger partial charge in [-0.1, -0.05) is 0 Å². The second kappa shape index (κ2) is 2.68. The minimum Gasteiger partial charge on any atom is -0.319 e. The van der Waals surface area contributed by atoms with Crippen LogP contribution in [0.4, 0.5) is 0 Å². The summed E-state index contributed by atoms with van der Waals surface area (Å²) >= 11 is 1.62. The Bertz CT molecular complexity index is 287. The van der Waals surface area contributed by atoms with Crippen LogP contribution in [0.1, 0.15) is 18.4 Å². The van der Waals surface area contributed by atoms with Gasteiger partial charge in [-0.15, -0.1) is 0 Å². The summed E-state index contributed by atoms with van der Waals surface area (Å²) in [5, 5.41) is 3.99. The molecule has 3 heteroatoms. The van der Waals surface area contributed by atoms with E-state index in [2.05, 4.69) is 0 Å². The van der Waals surface area contributed by atoms with Gasteiger partial charge in [-0.3, -0.25) is 4.79 Å². The monoisotopic (exact) mass is 181 g/mol. The number of carbonyl (C=O) groups excluding carboxylic acids is 1. The third-order valence-electron chi connectivity index (χ3n) is 2.29. The largest absolute Gasteiger partial charge is 0.319 e. The van der Waals surface area contributed by atoms with E-state index in [1.807, 2.05) is 16.8 Å². The second-order valence-electron chi connectivity index (χ2n) is 3.39. The van der Waals surface area contributed by atoms with Gasteiger partial charge in [-0.25, -0.2) is 0 Å². The predicted octanol–water partition coefficient (Wildman–Crippen LogP) is 1.35. The van der Waals surface area contributed by atoms with Gasteiger partial charge in [0.05, 0.1) is 5.54 Å². The summed E-state index contributed by atoms with van der Waals surface area (Å²) in [6.07, 6.45) is 2.26. The quantitative estimate of drug-likeness (QED) is 0.765. The van der Waals surface area contributed by atoms with E-state index in [-0.39, 0.29) is 5.78 Å². The highest BCUT2D eigenvalue weighted by atomic mass is 32.1. The first-order valence-corrected chi connectivity index (χ1v) is 4.98. The highest BCUT2D eigenvalue weighted by Crippen LogP contribution is 2.34. The van der Waals surface area contributed by atoms with Crippen molar-refractivity contribution >= 4 is 17.1 Å². The van der Waals surface area contributed by atoms with Crippen LogP contribution in [-0.2, 0) is 11.2 Å². The number of rotatable bonds is 3. The molecule has 1 aromatic rings. The number of nitrogens with two attached hydrogens (primary N) is 1. The van der Waals surface area contributed by atoms with Gasteiger partial charge in [0.1, 0.15) is 0 Å². The molecule has 0 aliphatic heterocycles. The van der Waals surface area contributed by atoms with Gasteiger partial charge in [0.2, 0.25) is 0 Å². The Morgan fingerprint density at radius 1 is 1.67 bits per heavy atom. The number of ketones is 1. The fourth-order valence-corrected chi connectivity index (χ4v) is 1.84. The lowest BCUT2D eigenvalue weighted by atomic mass is 10.1. The molecule has 0 atom stereocenters. The fourth-order valence-electron chi connectivity index (χ4n) is 1.17. The third-order valence-corrected chi connectivity index (χ3v) is 3.02. The van der Waals surface area contributed by atoms with E-state index in [9.17, 15) is 4.79 Å². The Balaban J connectivity index is 2.00. The Morgan fingerprint density at radius 2 is 2.42 bits per heavy atom. The summed E-state index contributed by atoms with van der Waals surface area (Å²) in [4.78, 5) is 11.5. The minimum atomic E-state index is -0.456. The summed E-state index contributed by atoms with van der Waals surface area (Å²) in [6.45, 7) is 0. The molecule has 1 aromatic heterocycles. The molecule has 0 saturated heterocycles. The molecule has 0 radical (unpaired) electrons. The average molecular weight is 181 g/mol. The summed E-state index contributed by atoms with van der Waals surface area (Å²) in [5.74, 6) is 0.195. The Labute approximate surface area is 75.4 Å². The summed E-state index contributed by atoms with van der Waals surface area (Å²) < 4.78 is 0. The SMILES string of the molecule is NC1(C(=O)Cc2ccsc2)CC1. The zero-order valence-corrected chi connectivity index (χ0v) is 7.56. The zero-order valence-electron chi connectivity index (χ0n) is 6.75. The zero-order chi connectivity index (χ0) is 8.60. The van der Waals surface area contributed by atoms with Crippen LogP contribution in [0.3, 0.4) is 0 Å². The van der Waals surface area contributed by atoms with Crippen LogP contribution in [0.2, 0.25) is 0 Å². The van der Waals surface area contributed by atoms with Crippen LogP contribution in [0.25, 0.3) is 0 Å². The van der Waals surface area contributed by atoms with Crippen molar-refractivity contribution in [2.75, 3.05) is 0 Å². The Morgan fingerprint density at radius 3 is 2.92 bits per heavy atom. The van der Waals surface area contributed by atoms with E-state index in [0.29, 0.717) is 6.42 Å². The molecule has 1 heterocycles. The highest BCUT2D eigenvalue weighted by Gasteiger charge is 2.44. The first kappa shape index (κ1) is 7.95. The van der Waals surface area contributed by atoms with Gasteiger partial charge in [0.25, 0.3) is 0 Å². The molecule has 0 spiro atoms. The third kappa shape index (κ3) is 1.42. The van der Waals surface area contributed by atoms with E-state index in [0.717, 1.165) is 18.4 Å². The van der Waals surface area contributed by atoms with E-state index in [4.69, 9.17) is 5.73 Å². The molecule has 12 heavy (non-hydrogen) atoms. The van der Waals surface area contributed by atoms with Crippen molar-refractivity contribution in [3.8, 4) is 0 Å². The normalized spacial score (nSPS) is 19.1. The molecule has 0 aromatic carbocycles. The van der Waals surface area contributed by atoms with Crippen molar-refractivity contribution in [3.05, 3.63) is 22.4 Å². The summed E-state index contributed by atoms with van der Waals surface area (Å²) in [5.41, 5.74) is 6.40. The Kier molecular flexibility index (Phi) is 1.77. The first-order chi connectivity index (χ1) is 5.71. The predicted molar refractivity (Wildman–Crippen MR) is 49.2 cm³/mol. The van der Waals surface area contributed by atoms with Crippen LogP contribution in [0.15, 0.2) is 16.8 Å². The average Bonchev–Trinajstić information content (AvgIpc) is 2.63. The van der Waals surface area contributed by atoms with Crippen molar-refractivity contribution in [1.29, 1.82) is 0 Å². The van der Waals surface area contributed by atoms with E-state index >= 15 is 0 Å². The summed E-state index contributed by atoms with van der Waals surface area (Å²) in [7, 11) is 0. The topological polar surface area (TPSA) is 43.1 Å². The van der Waals surface area contributed by atoms with E-state index < -0.39 is 5.54 Å². The molecule has 2 rings (SSSR count). The molecular formula is C9H11NOS. The number of hydrogen-bond acceptors (Lipinski definition) is 3. The molecule has 2 N–H and O–H groups in total. The van der Waals surface area contributed by atoms with Gasteiger partial charge in [-0.2, -0.15) is 11.3 Å². The summed E-state index contributed by atoms with van der Waals surface area (Å²) in [6, 6.07) is 1.98. The second-order valence-corrected chi connectivity index (χ2v) is 4.17. The first-order valence-electron chi connectivity index (χ1n) is 4.04. The van der Waals surface area contributed by atoms with Crippen LogP contribution >= 0.6 is 11.3 Å². The van der Waals surface area contributed by atoms with E-state index in [1.54, 1.807) is 11.3 Å². The lowest BCUT2D eigenvalue weighted by Crippen LogP contribution is -2.33. The van der Waals surface area contributed by atoms with Crippen LogP contribution in [0, 0.1) is 0 Å². The number of Topliss-reactive ketones (excluding diaryl/α,β-unsaturated/α-hetero) is 1. The smallest absolute Gasteiger partial charge is 0.157 e. The fraction of sp³-hybridized carbons (Fsp3) is 0.444. The molecule has 1 fully saturated rings. The molecule has 1 aliphatic carbocycles. The van der Waals surface area contributed by atoms with Gasteiger partial charge >= 0.3 is 0 Å². The van der Waals surface area contributed by atoms with Gasteiger partial charge in [0, 0.05) is 6.42 Å². The molecule has 1 saturated carbocycles. The molecule has 0 bridgehead atoms. The van der Waals surface area contributed by atoms with Gasteiger partial charge in [-0.05, 0) is 35.2 Å². The van der Waals surface area contributed by atoms with Gasteiger partial charge in [0.15, 0.2) is 5.78 Å². The minimum absolute atomic E-state index is 0.195. The number of carbonyl (C=O) groups is 1. The maximum absolute atomic E-state index is 11.5. The highest BCUT2D eigenvalue weighted by molar-refractivity contribution is 7.08. The number of hydrogen-bond donors (Lipinski definition) is 1. The lowest BCUT2D eigenvalue weighted by molar-refractivity contribution is -0.120. The van der Waals surface area contributed by atoms with Crippen LogP contribution < -0.4 is 5.73 Å². The van der Waals surface area contributed by atoms with Crippen molar-refractivity contribution in [1.82, 2.24) is 0 Å². The van der Waals surface area contributed by atoms with Crippen molar-refractivity contribution in [2.45, 2.75) is 24.8 Å². The van der Waals surface area contributed by atoms with Crippen molar-refractivity contribution < 1.29 is 4.79 Å². The molecular weight excluding hydrogens is 170 g/mol. The standard InChI is InChI=1S/C9H11NOS/c10-9(2-3-9)8(11)5-7-1-4-12-6-7/h1,4,6H,2-3,5,10H2. The lowest BCUT2D eigenvalue weighted by Gasteiger charge is -2.04. The molecule has 2 nitrogen and oxygen atoms in total. The maximum Gasteiger partial charge on any atom is 0.157 e. The van der Waals surface area contributed by atoms with E-state index in [1.165, 1.54) is 0 Å². The molecule has 64 valence electrons. The van der Waals surface area contributed by atoms with Crippen molar-refractivity contribution in [3.63, 3.8) is 0 Å². The van der Waals surface area contributed by atoms with Gasteiger partial charge < -0.3 is 5.73 Å². The van der Waals surface area contributed by atoms with Crippen molar-refractivity contribution in [2.24, 2.45) is 5.73 Å². The van der Waals surface area contributed by atoms with Crippen LogP contribution in [0.5, 0.6) is 0 Å².